The predicted octanol–water partition coefficient (Wildman–Crippen LogP) is 0.981. The summed E-state index contributed by atoms with van der Waals surface area (Å²) in [5.41, 5.74) is 7.64. The Balaban J connectivity index is 2.21. The Kier molecular flexibility index (Phi) is 4.55. The molecule has 10 heteroatoms. The van der Waals surface area contributed by atoms with Crippen molar-refractivity contribution in [2.24, 2.45) is 5.11 Å². The Bertz CT molecular complexity index is 712. The van der Waals surface area contributed by atoms with Crippen LogP contribution in [0.4, 0.5) is 4.79 Å². The van der Waals surface area contributed by atoms with Crippen molar-refractivity contribution in [3.05, 3.63) is 29.8 Å². The third-order valence-corrected chi connectivity index (χ3v) is 4.62. The fourth-order valence-electron chi connectivity index (χ4n) is 2.12. The lowest BCUT2D eigenvalue weighted by atomic mass is 10.2. The third kappa shape index (κ3) is 3.48. The molecule has 0 aromatic heterocycles. The highest BCUT2D eigenvalue weighted by Gasteiger charge is 2.42. The van der Waals surface area contributed by atoms with Gasteiger partial charge in [-0.3, -0.25) is 4.18 Å². The van der Waals surface area contributed by atoms with Crippen molar-refractivity contribution in [2.45, 2.75) is 24.0 Å². The topological polar surface area (TPSA) is 134 Å². The summed E-state index contributed by atoms with van der Waals surface area (Å²) in [6, 6.07) is 5.27. The average molecular weight is 327 g/mol. The quantitative estimate of drug-likeness (QED) is 0.483. The van der Waals surface area contributed by atoms with E-state index in [0.717, 1.165) is 10.5 Å². The van der Waals surface area contributed by atoms with Crippen molar-refractivity contribution in [3.8, 4) is 0 Å². The number of carboxylic acid groups (broad SMARTS) is 1. The van der Waals surface area contributed by atoms with Crippen molar-refractivity contribution < 1.29 is 22.5 Å². The maximum Gasteiger partial charge on any atom is 0.407 e. The summed E-state index contributed by atoms with van der Waals surface area (Å²) >= 11 is 0. The van der Waals surface area contributed by atoms with Gasteiger partial charge in [-0.2, -0.15) is 8.42 Å². The molecule has 1 aliphatic heterocycles. The Labute approximate surface area is 126 Å². The first-order chi connectivity index (χ1) is 10.3. The molecule has 9 nitrogen and oxygen atoms in total. The lowest BCUT2D eigenvalue weighted by molar-refractivity contribution is 0.146. The van der Waals surface area contributed by atoms with E-state index >= 15 is 0 Å². The molecule has 0 radical (unpaired) electrons. The lowest BCUT2D eigenvalue weighted by Crippen LogP contribution is -2.30. The molecule has 1 fully saturated rings. The van der Waals surface area contributed by atoms with Gasteiger partial charge in [0.05, 0.1) is 18.0 Å². The maximum atomic E-state index is 12.2. The van der Waals surface area contributed by atoms with Gasteiger partial charge in [-0.25, -0.2) is 4.79 Å². The summed E-state index contributed by atoms with van der Waals surface area (Å²) in [5, 5.41) is 12.5. The second-order valence-corrected chi connectivity index (χ2v) is 6.44. The van der Waals surface area contributed by atoms with Crippen molar-refractivity contribution in [1.29, 1.82) is 5.53 Å². The van der Waals surface area contributed by atoms with E-state index in [1.165, 1.54) is 12.1 Å². The number of hydrogen-bond donors (Lipinski definition) is 2. The van der Waals surface area contributed by atoms with Crippen LogP contribution in [0.2, 0.25) is 0 Å². The number of rotatable bonds is 4. The van der Waals surface area contributed by atoms with Crippen molar-refractivity contribution >= 4 is 16.2 Å². The molecule has 1 aliphatic rings. The largest absolute Gasteiger partial charge is 0.465 e. The molecule has 2 rings (SSSR count). The highest BCUT2D eigenvalue weighted by atomic mass is 32.2. The molecule has 1 heterocycles. The molecule has 1 saturated heterocycles. The van der Waals surface area contributed by atoms with E-state index in [0.29, 0.717) is 0 Å². The van der Waals surface area contributed by atoms with E-state index in [9.17, 15) is 13.2 Å². The van der Waals surface area contributed by atoms with Gasteiger partial charge in [0.1, 0.15) is 16.7 Å². The molecule has 0 spiro atoms. The second-order valence-electron chi connectivity index (χ2n) is 4.87. The molecule has 2 N–H and O–H groups in total. The highest BCUT2D eigenvalue weighted by Crippen LogP contribution is 2.22. The Morgan fingerprint density at radius 1 is 1.41 bits per heavy atom. The molecule has 2 atom stereocenters. The van der Waals surface area contributed by atoms with Crippen LogP contribution >= 0.6 is 0 Å². The summed E-state index contributed by atoms with van der Waals surface area (Å²) in [6.07, 6.45) is -2.21. The first-order valence-corrected chi connectivity index (χ1v) is 7.78. The Morgan fingerprint density at radius 2 is 2.05 bits per heavy atom. The smallest absolute Gasteiger partial charge is 0.407 e. The first kappa shape index (κ1) is 16.1. The molecule has 0 aliphatic carbocycles. The number of nitrogens with one attached hydrogen (secondary N) is 1. The molecular weight excluding hydrogens is 312 g/mol. The minimum atomic E-state index is -4.04. The standard InChI is InChI=1S/C12H14N4O5S/c1-8-2-4-9(5-3-8)22(19,20)21-11-7-16(12(17)18)6-10(11)14-15-13/h2-5,10-11,13H,6-7H2,1H3/p+1. The molecule has 2 unspecified atom stereocenters. The van der Waals surface area contributed by atoms with Gasteiger partial charge in [0.25, 0.3) is 10.1 Å². The molecule has 1 aromatic carbocycles. The summed E-state index contributed by atoms with van der Waals surface area (Å²) < 4.78 is 29.5. The van der Waals surface area contributed by atoms with Crippen molar-refractivity contribution in [2.75, 3.05) is 13.1 Å². The van der Waals surface area contributed by atoms with Crippen LogP contribution in [0.3, 0.4) is 0 Å². The van der Waals surface area contributed by atoms with Crippen molar-refractivity contribution in [1.82, 2.24) is 9.81 Å². The highest BCUT2D eigenvalue weighted by molar-refractivity contribution is 7.86. The molecule has 22 heavy (non-hydrogen) atoms. The third-order valence-electron chi connectivity index (χ3n) is 3.27. The van der Waals surface area contributed by atoms with Crippen LogP contribution in [0.15, 0.2) is 34.3 Å². The van der Waals surface area contributed by atoms with E-state index in [4.69, 9.17) is 14.8 Å². The van der Waals surface area contributed by atoms with Crippen LogP contribution in [-0.4, -0.2) is 49.8 Å². The van der Waals surface area contributed by atoms with Gasteiger partial charge in [-0.05, 0) is 19.1 Å². The van der Waals surface area contributed by atoms with Crippen LogP contribution in [-0.2, 0) is 14.3 Å². The van der Waals surface area contributed by atoms with E-state index < -0.39 is 28.4 Å². The lowest BCUT2D eigenvalue weighted by Gasteiger charge is -2.13. The number of amides is 1. The summed E-state index contributed by atoms with van der Waals surface area (Å²) in [7, 11) is -4.04. The molecule has 0 saturated carbocycles. The Morgan fingerprint density at radius 3 is 2.59 bits per heavy atom. The van der Waals surface area contributed by atoms with E-state index in [1.807, 2.05) is 6.92 Å². The minimum absolute atomic E-state index is 0.0200. The number of aryl methyl sites for hydroxylation is 1. The zero-order valence-corrected chi connectivity index (χ0v) is 12.5. The predicted molar refractivity (Wildman–Crippen MR) is 73.9 cm³/mol. The molecular formula is C12H15N4O5S+. The van der Waals surface area contributed by atoms with Crippen LogP contribution < -0.4 is 4.91 Å². The van der Waals surface area contributed by atoms with Crippen molar-refractivity contribution in [3.63, 3.8) is 0 Å². The fourth-order valence-corrected chi connectivity index (χ4v) is 3.21. The van der Waals surface area contributed by atoms with Crippen LogP contribution in [0, 0.1) is 12.5 Å². The molecule has 1 aromatic rings. The summed E-state index contributed by atoms with van der Waals surface area (Å²) in [6.45, 7) is 1.61. The van der Waals surface area contributed by atoms with Gasteiger partial charge in [-0.1, -0.05) is 17.7 Å². The molecule has 118 valence electrons. The van der Waals surface area contributed by atoms with Gasteiger partial charge in [0.15, 0.2) is 6.04 Å². The monoisotopic (exact) mass is 327 g/mol. The zero-order chi connectivity index (χ0) is 16.3. The average Bonchev–Trinajstić information content (AvgIpc) is 2.82. The number of hydrogen-bond acceptors (Lipinski definition) is 6. The molecule has 1 amide bonds. The number of likely N-dealkylation sites (tertiary alicyclic amines) is 1. The normalized spacial score (nSPS) is 21.4. The zero-order valence-electron chi connectivity index (χ0n) is 11.7. The second kappa shape index (κ2) is 6.22. The fraction of sp³-hybridized carbons (Fsp3) is 0.417. The number of benzene rings is 1. The van der Waals surface area contributed by atoms with Gasteiger partial charge in [0.2, 0.25) is 4.91 Å². The SMILES string of the molecule is Cc1ccc(S(=O)(=O)OC2CN(C(=O)O)CC2N=[N+]=N)cc1. The van der Waals surface area contributed by atoms with E-state index in [-0.39, 0.29) is 18.0 Å². The van der Waals surface area contributed by atoms with E-state index in [2.05, 4.69) is 10.0 Å². The van der Waals surface area contributed by atoms with Crippen LogP contribution in [0.5, 0.6) is 0 Å². The molecule has 0 bridgehead atoms. The van der Waals surface area contributed by atoms with Gasteiger partial charge in [0, 0.05) is 0 Å². The van der Waals surface area contributed by atoms with Gasteiger partial charge in [-0.15, -0.1) is 0 Å². The maximum absolute atomic E-state index is 12.2. The Hall–Kier alpha value is -2.29. The summed E-state index contributed by atoms with van der Waals surface area (Å²) in [5.74, 6) is 0. The number of nitrogens with zero attached hydrogens (tertiary/aromatic N) is 3. The first-order valence-electron chi connectivity index (χ1n) is 6.38. The van der Waals surface area contributed by atoms with Crippen LogP contribution in [0.25, 0.3) is 0 Å². The van der Waals surface area contributed by atoms with Crippen LogP contribution in [0.1, 0.15) is 5.56 Å². The van der Waals surface area contributed by atoms with Gasteiger partial charge >= 0.3 is 6.09 Å². The number of carbonyl (C=O) groups is 1. The summed E-state index contributed by atoms with van der Waals surface area (Å²) in [4.78, 5) is 14.8. The van der Waals surface area contributed by atoms with Gasteiger partial charge < -0.3 is 10.0 Å². The minimum Gasteiger partial charge on any atom is -0.465 e. The van der Waals surface area contributed by atoms with E-state index in [1.54, 1.807) is 12.1 Å².